The summed E-state index contributed by atoms with van der Waals surface area (Å²) in [4.78, 5) is 26.3. The maximum absolute atomic E-state index is 12.8. The highest BCUT2D eigenvalue weighted by Crippen LogP contribution is 2.32. The Balaban J connectivity index is 1.62. The zero-order chi connectivity index (χ0) is 17.6. The molecule has 1 heterocycles. The largest absolute Gasteiger partial charge is 0.482 e. The van der Waals surface area contributed by atoms with E-state index in [-0.39, 0.29) is 18.4 Å². The average Bonchev–Trinajstić information content (AvgIpc) is 3.02. The van der Waals surface area contributed by atoms with Gasteiger partial charge in [0.2, 0.25) is 5.91 Å². The summed E-state index contributed by atoms with van der Waals surface area (Å²) in [5.74, 6) is 0.562. The summed E-state index contributed by atoms with van der Waals surface area (Å²) in [6, 6.07) is 8.08. The number of carbonyl (C=O) groups is 2. The van der Waals surface area contributed by atoms with Crippen LogP contribution in [-0.2, 0) is 20.7 Å². The molecule has 1 aliphatic heterocycles. The molecule has 1 saturated heterocycles. The molecule has 3 rings (SSSR count). The molecule has 2 fully saturated rings. The van der Waals surface area contributed by atoms with Crippen molar-refractivity contribution in [3.05, 3.63) is 29.8 Å². The van der Waals surface area contributed by atoms with Crippen LogP contribution in [0.1, 0.15) is 44.1 Å². The van der Waals surface area contributed by atoms with Crippen molar-refractivity contribution in [2.45, 2.75) is 51.0 Å². The van der Waals surface area contributed by atoms with Gasteiger partial charge in [-0.3, -0.25) is 4.79 Å². The lowest BCUT2D eigenvalue weighted by Gasteiger charge is -2.31. The molecule has 0 aromatic heterocycles. The Morgan fingerprint density at radius 1 is 1.16 bits per heavy atom. The van der Waals surface area contributed by atoms with Crippen LogP contribution < -0.4 is 4.74 Å². The van der Waals surface area contributed by atoms with Gasteiger partial charge in [-0.05, 0) is 37.3 Å². The van der Waals surface area contributed by atoms with Gasteiger partial charge in [-0.1, -0.05) is 37.5 Å². The molecule has 1 saturated carbocycles. The molecule has 1 amide bonds. The molecule has 136 valence electrons. The third-order valence-electron chi connectivity index (χ3n) is 5.38. The number of amides is 1. The van der Waals surface area contributed by atoms with E-state index in [0.29, 0.717) is 18.2 Å². The smallest absolute Gasteiger partial charge is 0.343 e. The summed E-state index contributed by atoms with van der Waals surface area (Å²) >= 11 is 0. The number of hydrogen-bond donors (Lipinski definition) is 0. The molecule has 5 heteroatoms. The van der Waals surface area contributed by atoms with Gasteiger partial charge in [0.1, 0.15) is 5.75 Å². The van der Waals surface area contributed by atoms with E-state index in [9.17, 15) is 9.59 Å². The Hall–Kier alpha value is -2.04. The third-order valence-corrected chi connectivity index (χ3v) is 5.38. The van der Waals surface area contributed by atoms with Crippen LogP contribution in [0.4, 0.5) is 0 Å². The fourth-order valence-corrected chi connectivity index (χ4v) is 3.98. The molecule has 0 N–H and O–H groups in total. The van der Waals surface area contributed by atoms with E-state index in [2.05, 4.69) is 9.64 Å². The normalized spacial score (nSPS) is 21.4. The van der Waals surface area contributed by atoms with E-state index in [1.807, 2.05) is 24.3 Å². The number of carbonyl (C=O) groups excluding carboxylic acids is 2. The molecule has 25 heavy (non-hydrogen) atoms. The predicted octanol–water partition coefficient (Wildman–Crippen LogP) is 2.96. The molecule has 1 atom stereocenters. The van der Waals surface area contributed by atoms with Crippen LogP contribution in [0.3, 0.4) is 0 Å². The second-order valence-corrected chi connectivity index (χ2v) is 6.99. The second kappa shape index (κ2) is 8.37. The summed E-state index contributed by atoms with van der Waals surface area (Å²) in [6.07, 6.45) is 7.65. The molecule has 0 bridgehead atoms. The van der Waals surface area contributed by atoms with Crippen molar-refractivity contribution in [2.24, 2.45) is 5.92 Å². The van der Waals surface area contributed by atoms with Gasteiger partial charge in [0.05, 0.1) is 7.11 Å². The monoisotopic (exact) mass is 345 g/mol. The van der Waals surface area contributed by atoms with Crippen LogP contribution in [0.15, 0.2) is 24.3 Å². The average molecular weight is 345 g/mol. The highest BCUT2D eigenvalue weighted by atomic mass is 16.6. The number of rotatable bonds is 6. The molecular formula is C20H27NO4. The van der Waals surface area contributed by atoms with Gasteiger partial charge in [-0.2, -0.15) is 0 Å². The highest BCUT2D eigenvalue weighted by Gasteiger charge is 2.36. The Labute approximate surface area is 149 Å². The highest BCUT2D eigenvalue weighted by molar-refractivity contribution is 5.81. The standard InChI is InChI=1S/C20H27NO4/c1-24-19(22)14-25-18-10-6-5-7-15(18)13-16-11-12-21(20(16)23)17-8-3-2-4-9-17/h5-7,10,16-17H,2-4,8-9,11-14H2,1H3. The first-order valence-corrected chi connectivity index (χ1v) is 9.27. The number of ether oxygens (including phenoxy) is 2. The fraction of sp³-hybridized carbons (Fsp3) is 0.600. The van der Waals surface area contributed by atoms with Crippen molar-refractivity contribution >= 4 is 11.9 Å². The van der Waals surface area contributed by atoms with Crippen LogP contribution in [0.5, 0.6) is 5.75 Å². The van der Waals surface area contributed by atoms with E-state index in [1.54, 1.807) is 0 Å². The first kappa shape index (κ1) is 17.8. The van der Waals surface area contributed by atoms with Crippen LogP contribution in [-0.4, -0.2) is 43.1 Å². The molecule has 1 aromatic carbocycles. The quantitative estimate of drug-likeness (QED) is 0.744. The predicted molar refractivity (Wildman–Crippen MR) is 94.4 cm³/mol. The maximum Gasteiger partial charge on any atom is 0.343 e. The van der Waals surface area contributed by atoms with Gasteiger partial charge in [0, 0.05) is 18.5 Å². The summed E-state index contributed by atoms with van der Waals surface area (Å²) in [6.45, 7) is 0.764. The molecule has 2 aliphatic rings. The first-order chi connectivity index (χ1) is 12.2. The Bertz CT molecular complexity index is 609. The van der Waals surface area contributed by atoms with E-state index >= 15 is 0 Å². The molecule has 1 aromatic rings. The minimum atomic E-state index is -0.407. The summed E-state index contributed by atoms with van der Waals surface area (Å²) in [5.41, 5.74) is 0.982. The molecule has 5 nitrogen and oxygen atoms in total. The topological polar surface area (TPSA) is 55.8 Å². The number of benzene rings is 1. The van der Waals surface area contributed by atoms with Crippen molar-refractivity contribution in [3.8, 4) is 5.75 Å². The minimum absolute atomic E-state index is 0.0183. The second-order valence-electron chi connectivity index (χ2n) is 6.99. The van der Waals surface area contributed by atoms with Crippen molar-refractivity contribution < 1.29 is 19.1 Å². The van der Waals surface area contributed by atoms with Gasteiger partial charge >= 0.3 is 5.97 Å². The van der Waals surface area contributed by atoms with Crippen LogP contribution >= 0.6 is 0 Å². The van der Waals surface area contributed by atoms with Crippen molar-refractivity contribution in [1.82, 2.24) is 4.90 Å². The third kappa shape index (κ3) is 4.33. The molecule has 1 unspecified atom stereocenters. The zero-order valence-corrected chi connectivity index (χ0v) is 14.9. The van der Waals surface area contributed by atoms with Crippen LogP contribution in [0.2, 0.25) is 0 Å². The molecular weight excluding hydrogens is 318 g/mol. The number of para-hydroxylation sites is 1. The van der Waals surface area contributed by atoms with E-state index in [0.717, 1.165) is 31.4 Å². The summed E-state index contributed by atoms with van der Waals surface area (Å²) in [5, 5.41) is 0. The van der Waals surface area contributed by atoms with E-state index in [4.69, 9.17) is 4.74 Å². The van der Waals surface area contributed by atoms with Crippen LogP contribution in [0, 0.1) is 5.92 Å². The number of nitrogens with zero attached hydrogens (tertiary/aromatic N) is 1. The SMILES string of the molecule is COC(=O)COc1ccccc1CC1CCN(C2CCCCC2)C1=O. The number of methoxy groups -OCH3 is 1. The van der Waals surface area contributed by atoms with Crippen LogP contribution in [0.25, 0.3) is 0 Å². The Morgan fingerprint density at radius 2 is 1.92 bits per heavy atom. The first-order valence-electron chi connectivity index (χ1n) is 9.27. The van der Waals surface area contributed by atoms with Gasteiger partial charge in [-0.15, -0.1) is 0 Å². The van der Waals surface area contributed by atoms with Gasteiger partial charge < -0.3 is 14.4 Å². The van der Waals surface area contributed by atoms with E-state index in [1.165, 1.54) is 26.4 Å². The van der Waals surface area contributed by atoms with Gasteiger partial charge in [0.15, 0.2) is 6.61 Å². The van der Waals surface area contributed by atoms with Crippen molar-refractivity contribution in [3.63, 3.8) is 0 Å². The molecule has 1 aliphatic carbocycles. The minimum Gasteiger partial charge on any atom is -0.482 e. The fourth-order valence-electron chi connectivity index (χ4n) is 3.98. The lowest BCUT2D eigenvalue weighted by atomic mass is 9.94. The Morgan fingerprint density at radius 3 is 2.68 bits per heavy atom. The Kier molecular flexibility index (Phi) is 5.95. The number of likely N-dealkylation sites (tertiary alicyclic amines) is 1. The zero-order valence-electron chi connectivity index (χ0n) is 14.9. The van der Waals surface area contributed by atoms with Gasteiger partial charge in [-0.25, -0.2) is 4.79 Å². The molecule has 0 radical (unpaired) electrons. The lowest BCUT2D eigenvalue weighted by molar-refractivity contribution is -0.143. The molecule has 0 spiro atoms. The number of esters is 1. The van der Waals surface area contributed by atoms with E-state index < -0.39 is 5.97 Å². The van der Waals surface area contributed by atoms with Crippen molar-refractivity contribution in [1.29, 1.82) is 0 Å². The summed E-state index contributed by atoms with van der Waals surface area (Å²) in [7, 11) is 1.34. The maximum atomic E-state index is 12.8. The summed E-state index contributed by atoms with van der Waals surface area (Å²) < 4.78 is 10.2. The van der Waals surface area contributed by atoms with Crippen molar-refractivity contribution in [2.75, 3.05) is 20.3 Å². The van der Waals surface area contributed by atoms with Gasteiger partial charge in [0.25, 0.3) is 0 Å². The number of hydrogen-bond acceptors (Lipinski definition) is 4. The lowest BCUT2D eigenvalue weighted by Crippen LogP contribution is -2.39.